The first-order chi connectivity index (χ1) is 15.1. The Morgan fingerprint density at radius 3 is 2.74 bits per heavy atom. The normalized spacial score (nSPS) is 14.5. The van der Waals surface area contributed by atoms with E-state index in [9.17, 15) is 4.79 Å². The zero-order valence-electron chi connectivity index (χ0n) is 17.2. The monoisotopic (exact) mass is 463 g/mol. The van der Waals surface area contributed by atoms with E-state index in [1.54, 1.807) is 11.0 Å². The van der Waals surface area contributed by atoms with E-state index < -0.39 is 0 Å². The first kappa shape index (κ1) is 21.7. The number of nitrogens with zero attached hydrogens (tertiary/aromatic N) is 5. The van der Waals surface area contributed by atoms with Gasteiger partial charge in [-0.2, -0.15) is 9.97 Å². The van der Waals surface area contributed by atoms with Crippen LogP contribution in [0.4, 0.5) is 5.13 Å². The van der Waals surface area contributed by atoms with Gasteiger partial charge < -0.3 is 14.2 Å². The Morgan fingerprint density at radius 2 is 2.03 bits per heavy atom. The second-order valence-corrected chi connectivity index (χ2v) is 8.19. The van der Waals surface area contributed by atoms with Crippen LogP contribution in [-0.4, -0.2) is 79.4 Å². The maximum Gasteiger partial charge on any atom is 0.320 e. The van der Waals surface area contributed by atoms with Crippen LogP contribution in [0.5, 0.6) is 11.9 Å². The lowest BCUT2D eigenvalue weighted by molar-refractivity contribution is 0.0391. The molecule has 0 atom stereocenters. The van der Waals surface area contributed by atoms with E-state index in [0.29, 0.717) is 42.0 Å². The van der Waals surface area contributed by atoms with E-state index in [-0.39, 0.29) is 23.5 Å². The van der Waals surface area contributed by atoms with Gasteiger partial charge in [0, 0.05) is 32.2 Å². The molecule has 11 heteroatoms. The molecular weight excluding hydrogens is 442 g/mol. The molecule has 3 heterocycles. The Balaban J connectivity index is 1.68. The number of carbonyl (C=O) groups excluding carboxylic acids is 1. The summed E-state index contributed by atoms with van der Waals surface area (Å²) in [4.78, 5) is 30.4. The minimum absolute atomic E-state index is 0.0585. The molecule has 164 valence electrons. The number of halogens is 1. The first-order valence-corrected chi connectivity index (χ1v) is 10.9. The van der Waals surface area contributed by atoms with Gasteiger partial charge in [0.15, 0.2) is 5.13 Å². The summed E-state index contributed by atoms with van der Waals surface area (Å²) in [6.07, 6.45) is 0. The van der Waals surface area contributed by atoms with E-state index in [2.05, 4.69) is 19.9 Å². The van der Waals surface area contributed by atoms with Gasteiger partial charge in [0.25, 0.3) is 5.91 Å². The molecule has 2 aromatic heterocycles. The lowest BCUT2D eigenvalue weighted by atomic mass is 10.3. The summed E-state index contributed by atoms with van der Waals surface area (Å²) in [7, 11) is 2.91. The van der Waals surface area contributed by atoms with Crippen molar-refractivity contribution in [3.63, 3.8) is 0 Å². The summed E-state index contributed by atoms with van der Waals surface area (Å²) >= 11 is 7.72. The summed E-state index contributed by atoms with van der Waals surface area (Å²) < 4.78 is 16.7. The Labute approximate surface area is 188 Å². The molecule has 1 aliphatic rings. The van der Waals surface area contributed by atoms with E-state index in [0.717, 1.165) is 17.8 Å². The number of morpholine rings is 1. The number of amides is 1. The molecule has 1 aliphatic heterocycles. The van der Waals surface area contributed by atoms with Crippen molar-refractivity contribution in [1.29, 1.82) is 0 Å². The van der Waals surface area contributed by atoms with Crippen molar-refractivity contribution < 1.29 is 19.0 Å². The second-order valence-electron chi connectivity index (χ2n) is 6.78. The molecule has 0 radical (unpaired) electrons. The van der Waals surface area contributed by atoms with Crippen LogP contribution < -0.4 is 14.4 Å². The summed E-state index contributed by atoms with van der Waals surface area (Å²) in [5, 5.41) is 1.10. The van der Waals surface area contributed by atoms with Crippen LogP contribution in [0.3, 0.4) is 0 Å². The number of aromatic nitrogens is 3. The lowest BCUT2D eigenvalue weighted by Crippen LogP contribution is -2.43. The molecule has 0 aliphatic carbocycles. The number of ether oxygens (including phenoxy) is 3. The van der Waals surface area contributed by atoms with Gasteiger partial charge in [-0.25, -0.2) is 4.98 Å². The molecule has 0 saturated carbocycles. The number of methoxy groups -OCH3 is 2. The van der Waals surface area contributed by atoms with Crippen molar-refractivity contribution in [1.82, 2.24) is 19.9 Å². The van der Waals surface area contributed by atoms with Crippen molar-refractivity contribution in [3.05, 3.63) is 35.0 Å². The zero-order chi connectivity index (χ0) is 21.8. The average molecular weight is 464 g/mol. The molecule has 31 heavy (non-hydrogen) atoms. The van der Waals surface area contributed by atoms with Gasteiger partial charge in [-0.05, 0) is 12.1 Å². The minimum atomic E-state index is -0.317. The number of hydrogen-bond acceptors (Lipinski definition) is 9. The van der Waals surface area contributed by atoms with Gasteiger partial charge in [-0.15, -0.1) is 0 Å². The van der Waals surface area contributed by atoms with Crippen molar-refractivity contribution in [3.8, 4) is 11.9 Å². The molecule has 4 rings (SSSR count). The summed E-state index contributed by atoms with van der Waals surface area (Å²) in [6.45, 7) is 4.13. The van der Waals surface area contributed by atoms with E-state index >= 15 is 0 Å². The lowest BCUT2D eigenvalue weighted by Gasteiger charge is -2.29. The largest absolute Gasteiger partial charge is 0.481 e. The van der Waals surface area contributed by atoms with Gasteiger partial charge in [0.2, 0.25) is 5.88 Å². The molecule has 3 aromatic rings. The third-order valence-electron chi connectivity index (χ3n) is 4.87. The fraction of sp³-hybridized carbons (Fsp3) is 0.400. The Bertz CT molecular complexity index is 1050. The standard InChI is InChI=1S/C20H22ClN5O4S/c1-28-16-12-14(22-19(23-16)29-2)18(27)26(7-6-25-8-10-30-11-9-25)20-24-17-13(21)4-3-5-15(17)31-20/h3-5,12H,6-11H2,1-2H3. The Hall–Kier alpha value is -2.53. The topological polar surface area (TPSA) is 89.9 Å². The number of anilines is 1. The van der Waals surface area contributed by atoms with Gasteiger partial charge in [0.05, 0.1) is 37.2 Å². The van der Waals surface area contributed by atoms with Crippen LogP contribution in [0.25, 0.3) is 10.2 Å². The van der Waals surface area contributed by atoms with Crippen LogP contribution in [0.15, 0.2) is 24.3 Å². The molecule has 0 bridgehead atoms. The Kier molecular flexibility index (Phi) is 6.81. The predicted octanol–water partition coefficient (Wildman–Crippen LogP) is 2.74. The third-order valence-corrected chi connectivity index (χ3v) is 6.22. The van der Waals surface area contributed by atoms with Gasteiger partial charge >= 0.3 is 6.01 Å². The number of para-hydroxylation sites is 1. The van der Waals surface area contributed by atoms with Crippen LogP contribution >= 0.6 is 22.9 Å². The van der Waals surface area contributed by atoms with Crippen molar-refractivity contribution >= 4 is 44.2 Å². The van der Waals surface area contributed by atoms with E-state index in [1.165, 1.54) is 31.6 Å². The molecule has 1 amide bonds. The maximum atomic E-state index is 13.5. The van der Waals surface area contributed by atoms with E-state index in [4.69, 9.17) is 25.8 Å². The molecule has 0 N–H and O–H groups in total. The predicted molar refractivity (Wildman–Crippen MR) is 119 cm³/mol. The minimum Gasteiger partial charge on any atom is -0.481 e. The van der Waals surface area contributed by atoms with Gasteiger partial charge in [0.1, 0.15) is 11.2 Å². The highest BCUT2D eigenvalue weighted by molar-refractivity contribution is 7.22. The summed E-state index contributed by atoms with van der Waals surface area (Å²) in [6, 6.07) is 7.14. The highest BCUT2D eigenvalue weighted by Gasteiger charge is 2.25. The molecule has 1 aromatic carbocycles. The number of benzene rings is 1. The highest BCUT2D eigenvalue weighted by Crippen LogP contribution is 2.33. The van der Waals surface area contributed by atoms with Crippen molar-refractivity contribution in [2.45, 2.75) is 0 Å². The van der Waals surface area contributed by atoms with Crippen LogP contribution in [-0.2, 0) is 4.74 Å². The summed E-state index contributed by atoms with van der Waals surface area (Å²) in [5.41, 5.74) is 0.835. The van der Waals surface area contributed by atoms with E-state index in [1.807, 2.05) is 12.1 Å². The zero-order valence-corrected chi connectivity index (χ0v) is 18.8. The molecular formula is C20H22ClN5O4S. The van der Waals surface area contributed by atoms with Crippen molar-refractivity contribution in [2.75, 3.05) is 58.5 Å². The molecule has 0 spiro atoms. The van der Waals surface area contributed by atoms with Crippen LogP contribution in [0, 0.1) is 0 Å². The number of hydrogen-bond donors (Lipinski definition) is 0. The van der Waals surface area contributed by atoms with Gasteiger partial charge in [-0.3, -0.25) is 14.6 Å². The number of fused-ring (bicyclic) bond motifs is 1. The number of carbonyl (C=O) groups is 1. The molecule has 1 saturated heterocycles. The number of thiazole rings is 1. The third kappa shape index (κ3) is 4.87. The molecule has 1 fully saturated rings. The number of rotatable bonds is 7. The fourth-order valence-electron chi connectivity index (χ4n) is 3.22. The van der Waals surface area contributed by atoms with Crippen LogP contribution in [0.1, 0.15) is 10.5 Å². The maximum absolute atomic E-state index is 13.5. The van der Waals surface area contributed by atoms with Gasteiger partial charge in [-0.1, -0.05) is 29.0 Å². The molecule has 0 unspecified atom stereocenters. The molecule has 9 nitrogen and oxygen atoms in total. The fourth-order valence-corrected chi connectivity index (χ4v) is 4.51. The van der Waals surface area contributed by atoms with Crippen LogP contribution in [0.2, 0.25) is 5.02 Å². The summed E-state index contributed by atoms with van der Waals surface area (Å²) in [5.74, 6) is -0.0712. The highest BCUT2D eigenvalue weighted by atomic mass is 35.5. The SMILES string of the molecule is COc1cc(C(=O)N(CCN2CCOCC2)c2nc3c(Cl)cccc3s2)nc(OC)n1. The average Bonchev–Trinajstić information content (AvgIpc) is 3.24. The quantitative estimate of drug-likeness (QED) is 0.528. The first-order valence-electron chi connectivity index (χ1n) is 9.73. The Morgan fingerprint density at radius 1 is 1.23 bits per heavy atom. The second kappa shape index (κ2) is 9.73. The smallest absolute Gasteiger partial charge is 0.320 e. The van der Waals surface area contributed by atoms with Crippen molar-refractivity contribution in [2.24, 2.45) is 0 Å².